The molecule has 0 fully saturated rings. The van der Waals surface area contributed by atoms with Crippen molar-refractivity contribution in [2.75, 3.05) is 38.3 Å². The number of fused-ring (bicyclic) bond motifs is 1. The van der Waals surface area contributed by atoms with Crippen LogP contribution in [0.5, 0.6) is 0 Å². The molecule has 0 bridgehead atoms. The standard InChI is InChI=1S/C23H25BrN8O2/c1-31(2)22(34)13-5-4-6-15(9-13)26-21-19(20(25)33)29-30-23(28-21)27-16-10-14-12-32(3)8-7-17(14)18(24)11-16/h4-6,9-11H,7-8,12H2,1-3H3,(H2,25,33)(H2,26,27,28,30). The zero-order valence-electron chi connectivity index (χ0n) is 19.1. The summed E-state index contributed by atoms with van der Waals surface area (Å²) in [6.45, 7) is 1.86. The number of anilines is 4. The molecule has 0 saturated heterocycles. The minimum Gasteiger partial charge on any atom is -0.364 e. The van der Waals surface area contributed by atoms with Crippen molar-refractivity contribution >= 4 is 50.9 Å². The monoisotopic (exact) mass is 524 g/mol. The van der Waals surface area contributed by atoms with E-state index in [2.05, 4.69) is 59.8 Å². The summed E-state index contributed by atoms with van der Waals surface area (Å²) in [7, 11) is 5.44. The maximum absolute atomic E-state index is 12.3. The lowest BCUT2D eigenvalue weighted by molar-refractivity contribution is 0.0827. The lowest BCUT2D eigenvalue weighted by Gasteiger charge is -2.26. The summed E-state index contributed by atoms with van der Waals surface area (Å²) in [6.07, 6.45) is 0.974. The first-order chi connectivity index (χ1) is 16.2. The van der Waals surface area contributed by atoms with E-state index in [-0.39, 0.29) is 23.4 Å². The summed E-state index contributed by atoms with van der Waals surface area (Å²) < 4.78 is 1.02. The number of nitrogens with one attached hydrogen (secondary N) is 2. The quantitative estimate of drug-likeness (QED) is 0.448. The number of primary amides is 1. The molecule has 1 aromatic heterocycles. The number of rotatable bonds is 6. The Bertz CT molecular complexity index is 1260. The maximum Gasteiger partial charge on any atom is 0.273 e. The number of carbonyl (C=O) groups is 2. The third-order valence-corrected chi connectivity index (χ3v) is 6.13. The number of hydrogen-bond donors (Lipinski definition) is 3. The molecule has 0 radical (unpaired) electrons. The first-order valence-electron chi connectivity index (χ1n) is 10.6. The van der Waals surface area contributed by atoms with E-state index in [1.54, 1.807) is 38.4 Å². The SMILES string of the molecule is CN1CCc2c(Br)cc(Nc3nnc(C(N)=O)c(Nc4cccc(C(=O)N(C)C)c4)n3)cc2C1. The highest BCUT2D eigenvalue weighted by Gasteiger charge is 2.19. The fourth-order valence-corrected chi connectivity index (χ4v) is 4.44. The van der Waals surface area contributed by atoms with Gasteiger partial charge in [-0.1, -0.05) is 22.0 Å². The normalized spacial score (nSPS) is 13.2. The summed E-state index contributed by atoms with van der Waals surface area (Å²) in [4.78, 5) is 32.4. The first-order valence-corrected chi connectivity index (χ1v) is 11.4. The van der Waals surface area contributed by atoms with Crippen LogP contribution in [0.4, 0.5) is 23.1 Å². The highest BCUT2D eigenvalue weighted by atomic mass is 79.9. The Balaban J connectivity index is 1.63. The van der Waals surface area contributed by atoms with E-state index in [9.17, 15) is 9.59 Å². The van der Waals surface area contributed by atoms with Crippen LogP contribution in [0.1, 0.15) is 32.0 Å². The van der Waals surface area contributed by atoms with E-state index in [1.165, 1.54) is 16.0 Å². The third-order valence-electron chi connectivity index (χ3n) is 5.43. The molecule has 3 aromatic rings. The molecule has 11 heteroatoms. The van der Waals surface area contributed by atoms with Crippen molar-refractivity contribution in [3.63, 3.8) is 0 Å². The predicted octanol–water partition coefficient (Wildman–Crippen LogP) is 2.91. The molecule has 4 N–H and O–H groups in total. The van der Waals surface area contributed by atoms with Crippen LogP contribution in [0.25, 0.3) is 0 Å². The number of nitrogens with zero attached hydrogens (tertiary/aromatic N) is 5. The Labute approximate surface area is 205 Å². The Kier molecular flexibility index (Phi) is 6.75. The maximum atomic E-state index is 12.3. The van der Waals surface area contributed by atoms with E-state index < -0.39 is 5.91 Å². The van der Waals surface area contributed by atoms with Crippen LogP contribution in [0.3, 0.4) is 0 Å². The molecule has 2 heterocycles. The Morgan fingerprint density at radius 1 is 1.12 bits per heavy atom. The van der Waals surface area contributed by atoms with Gasteiger partial charge in [-0.15, -0.1) is 10.2 Å². The smallest absolute Gasteiger partial charge is 0.273 e. The molecule has 0 aliphatic carbocycles. The van der Waals surface area contributed by atoms with Crippen LogP contribution in [0, 0.1) is 0 Å². The lowest BCUT2D eigenvalue weighted by Crippen LogP contribution is -2.26. The molecule has 176 valence electrons. The molecule has 4 rings (SSSR count). The summed E-state index contributed by atoms with van der Waals surface area (Å²) in [5.41, 5.74) is 9.72. The van der Waals surface area contributed by atoms with E-state index >= 15 is 0 Å². The molecule has 0 saturated carbocycles. The second kappa shape index (κ2) is 9.74. The number of nitrogens with two attached hydrogens (primary N) is 1. The second-order valence-electron chi connectivity index (χ2n) is 8.31. The minimum absolute atomic E-state index is 0.108. The van der Waals surface area contributed by atoms with Gasteiger partial charge in [-0.25, -0.2) is 0 Å². The van der Waals surface area contributed by atoms with Crippen molar-refractivity contribution in [3.8, 4) is 0 Å². The summed E-state index contributed by atoms with van der Waals surface area (Å²) in [5, 5.41) is 14.2. The van der Waals surface area contributed by atoms with Crippen LogP contribution in [-0.2, 0) is 13.0 Å². The number of hydrogen-bond acceptors (Lipinski definition) is 8. The minimum atomic E-state index is -0.769. The van der Waals surface area contributed by atoms with Gasteiger partial charge in [0.15, 0.2) is 11.5 Å². The van der Waals surface area contributed by atoms with Gasteiger partial charge in [-0.05, 0) is 54.9 Å². The Morgan fingerprint density at radius 2 is 1.91 bits per heavy atom. The van der Waals surface area contributed by atoms with Crippen LogP contribution in [-0.4, -0.2) is 64.5 Å². The van der Waals surface area contributed by atoms with Gasteiger partial charge in [0.25, 0.3) is 11.8 Å². The lowest BCUT2D eigenvalue weighted by atomic mass is 9.99. The number of aromatic nitrogens is 3. The van der Waals surface area contributed by atoms with Gasteiger partial charge in [0, 0.05) is 48.6 Å². The zero-order chi connectivity index (χ0) is 24.4. The Hall–Kier alpha value is -3.57. The average molecular weight is 525 g/mol. The summed E-state index contributed by atoms with van der Waals surface area (Å²) >= 11 is 3.66. The summed E-state index contributed by atoms with van der Waals surface area (Å²) in [5.74, 6) is -0.583. The van der Waals surface area contributed by atoms with Gasteiger partial charge >= 0.3 is 0 Å². The predicted molar refractivity (Wildman–Crippen MR) is 134 cm³/mol. The molecular weight excluding hydrogens is 500 g/mol. The fourth-order valence-electron chi connectivity index (χ4n) is 3.75. The molecule has 2 aromatic carbocycles. The molecule has 0 unspecified atom stereocenters. The van der Waals surface area contributed by atoms with E-state index in [4.69, 9.17) is 5.73 Å². The van der Waals surface area contributed by atoms with Gasteiger partial charge in [-0.2, -0.15) is 4.98 Å². The van der Waals surface area contributed by atoms with Crippen LogP contribution in [0.2, 0.25) is 0 Å². The summed E-state index contributed by atoms with van der Waals surface area (Å²) in [6, 6.07) is 10.9. The largest absolute Gasteiger partial charge is 0.364 e. The van der Waals surface area contributed by atoms with E-state index in [0.717, 1.165) is 29.7 Å². The number of amides is 2. The highest BCUT2D eigenvalue weighted by Crippen LogP contribution is 2.31. The highest BCUT2D eigenvalue weighted by molar-refractivity contribution is 9.10. The number of likely N-dealkylation sites (N-methyl/N-ethyl adjacent to an activating group) is 1. The van der Waals surface area contributed by atoms with Gasteiger partial charge in [0.1, 0.15) is 0 Å². The zero-order valence-corrected chi connectivity index (χ0v) is 20.7. The first kappa shape index (κ1) is 23.6. The molecule has 1 aliphatic rings. The molecule has 34 heavy (non-hydrogen) atoms. The molecule has 0 atom stereocenters. The van der Waals surface area contributed by atoms with Crippen molar-refractivity contribution in [1.29, 1.82) is 0 Å². The number of carbonyl (C=O) groups excluding carboxylic acids is 2. The molecule has 10 nitrogen and oxygen atoms in total. The van der Waals surface area contributed by atoms with Gasteiger partial charge < -0.3 is 26.2 Å². The van der Waals surface area contributed by atoms with Gasteiger partial charge in [-0.3, -0.25) is 9.59 Å². The van der Waals surface area contributed by atoms with E-state index in [1.807, 2.05) is 6.07 Å². The van der Waals surface area contributed by atoms with Crippen molar-refractivity contribution in [3.05, 3.63) is 63.3 Å². The third kappa shape index (κ3) is 5.15. The second-order valence-corrected chi connectivity index (χ2v) is 9.17. The van der Waals surface area contributed by atoms with Crippen LogP contribution < -0.4 is 16.4 Å². The van der Waals surface area contributed by atoms with Gasteiger partial charge in [0.05, 0.1) is 0 Å². The van der Waals surface area contributed by atoms with Crippen molar-refractivity contribution in [2.24, 2.45) is 5.73 Å². The van der Waals surface area contributed by atoms with Crippen LogP contribution in [0.15, 0.2) is 40.9 Å². The molecule has 1 aliphatic heterocycles. The topological polar surface area (TPSA) is 129 Å². The average Bonchev–Trinajstić information content (AvgIpc) is 2.78. The molecular formula is C23H25BrN8O2. The number of halogens is 1. The van der Waals surface area contributed by atoms with Crippen LogP contribution >= 0.6 is 15.9 Å². The van der Waals surface area contributed by atoms with Gasteiger partial charge in [0.2, 0.25) is 5.95 Å². The fraction of sp³-hybridized carbons (Fsp3) is 0.261. The number of benzene rings is 2. The Morgan fingerprint density at radius 3 is 2.65 bits per heavy atom. The molecule has 2 amide bonds. The van der Waals surface area contributed by atoms with Crippen molar-refractivity contribution in [2.45, 2.75) is 13.0 Å². The van der Waals surface area contributed by atoms with E-state index in [0.29, 0.717) is 11.3 Å². The van der Waals surface area contributed by atoms with Crippen molar-refractivity contribution in [1.82, 2.24) is 25.0 Å². The van der Waals surface area contributed by atoms with Crippen molar-refractivity contribution < 1.29 is 9.59 Å². The molecule has 0 spiro atoms.